The van der Waals surface area contributed by atoms with Crippen molar-refractivity contribution in [1.82, 2.24) is 4.31 Å². The molecule has 0 amide bonds. The zero-order valence-electron chi connectivity index (χ0n) is 11.8. The minimum absolute atomic E-state index is 0.00720. The summed E-state index contributed by atoms with van der Waals surface area (Å²) in [5, 5.41) is 9.31. The first-order chi connectivity index (χ1) is 10.1. The van der Waals surface area contributed by atoms with Gasteiger partial charge >= 0.3 is 0 Å². The summed E-state index contributed by atoms with van der Waals surface area (Å²) in [7, 11) is -3.57. The van der Waals surface area contributed by atoms with Crippen LogP contribution in [0.25, 0.3) is 0 Å². The molecule has 0 radical (unpaired) electrons. The number of hydrogen-bond donors (Lipinski definition) is 0. The topological polar surface area (TPSA) is 61.2 Å². The van der Waals surface area contributed by atoms with Gasteiger partial charge in [-0.25, -0.2) is 8.42 Å². The van der Waals surface area contributed by atoms with Crippen LogP contribution in [0.1, 0.15) is 38.5 Å². The van der Waals surface area contributed by atoms with Crippen LogP contribution in [0.3, 0.4) is 0 Å². The Morgan fingerprint density at radius 1 is 1.19 bits per heavy atom. The van der Waals surface area contributed by atoms with Crippen LogP contribution in [-0.4, -0.2) is 25.3 Å². The molecule has 1 saturated carbocycles. The molecular weight excluding hydrogens is 308 g/mol. The Labute approximate surface area is 131 Å². The quantitative estimate of drug-likeness (QED) is 0.831. The molecule has 0 heterocycles. The van der Waals surface area contributed by atoms with Gasteiger partial charge in [0.2, 0.25) is 10.0 Å². The zero-order chi connectivity index (χ0) is 15.3. The Kier molecular flexibility index (Phi) is 5.63. The van der Waals surface area contributed by atoms with E-state index in [9.17, 15) is 8.42 Å². The van der Waals surface area contributed by atoms with Gasteiger partial charge in [-0.05, 0) is 37.1 Å². The van der Waals surface area contributed by atoms with Crippen LogP contribution in [-0.2, 0) is 10.0 Å². The highest BCUT2D eigenvalue weighted by Crippen LogP contribution is 2.28. The summed E-state index contributed by atoms with van der Waals surface area (Å²) in [4.78, 5) is 0.246. The number of nitrogens with zero attached hydrogens (tertiary/aromatic N) is 2. The average molecular weight is 327 g/mol. The van der Waals surface area contributed by atoms with E-state index >= 15 is 0 Å². The van der Waals surface area contributed by atoms with Crippen molar-refractivity contribution in [3.8, 4) is 6.07 Å². The highest BCUT2D eigenvalue weighted by molar-refractivity contribution is 7.89. The predicted octanol–water partition coefficient (Wildman–Crippen LogP) is 3.58. The SMILES string of the molecule is N#CCCN(C1CCCCC1)S(=O)(=O)c1ccc(Cl)cc1. The normalized spacial score (nSPS) is 16.8. The molecule has 1 fully saturated rings. The molecule has 21 heavy (non-hydrogen) atoms. The molecule has 0 N–H and O–H groups in total. The molecule has 0 saturated heterocycles. The highest BCUT2D eigenvalue weighted by Gasteiger charge is 2.31. The molecule has 2 rings (SSSR count). The molecule has 4 nitrogen and oxygen atoms in total. The third-order valence-electron chi connectivity index (χ3n) is 3.85. The first-order valence-corrected chi connectivity index (χ1v) is 9.02. The lowest BCUT2D eigenvalue weighted by Gasteiger charge is -2.33. The summed E-state index contributed by atoms with van der Waals surface area (Å²) in [6, 6.07) is 8.27. The van der Waals surface area contributed by atoms with Gasteiger partial charge in [-0.1, -0.05) is 30.9 Å². The molecule has 1 aromatic carbocycles. The third-order valence-corrected chi connectivity index (χ3v) is 6.06. The first kappa shape index (κ1) is 16.3. The minimum Gasteiger partial charge on any atom is -0.207 e. The number of halogens is 1. The summed E-state index contributed by atoms with van der Waals surface area (Å²) < 4.78 is 27.2. The van der Waals surface area contributed by atoms with E-state index in [2.05, 4.69) is 0 Å². The fourth-order valence-electron chi connectivity index (χ4n) is 2.77. The van der Waals surface area contributed by atoms with Crippen molar-refractivity contribution in [2.24, 2.45) is 0 Å². The molecule has 6 heteroatoms. The van der Waals surface area contributed by atoms with E-state index in [-0.39, 0.29) is 23.9 Å². The second-order valence-corrected chi connectivity index (χ2v) is 7.60. The summed E-state index contributed by atoms with van der Waals surface area (Å²) in [5.41, 5.74) is 0. The molecule has 1 aromatic rings. The maximum atomic E-state index is 12.8. The predicted molar refractivity (Wildman–Crippen MR) is 82.4 cm³/mol. The van der Waals surface area contributed by atoms with Gasteiger partial charge in [-0.3, -0.25) is 0 Å². The van der Waals surface area contributed by atoms with Gasteiger partial charge < -0.3 is 0 Å². The zero-order valence-corrected chi connectivity index (χ0v) is 13.4. The smallest absolute Gasteiger partial charge is 0.207 e. The van der Waals surface area contributed by atoms with Gasteiger partial charge in [-0.15, -0.1) is 0 Å². The van der Waals surface area contributed by atoms with Crippen LogP contribution in [0.4, 0.5) is 0 Å². The van der Waals surface area contributed by atoms with Crippen molar-refractivity contribution in [1.29, 1.82) is 5.26 Å². The Bertz CT molecular complexity index is 602. The lowest BCUT2D eigenvalue weighted by Crippen LogP contribution is -2.41. The Morgan fingerprint density at radius 3 is 2.38 bits per heavy atom. The summed E-state index contributed by atoms with van der Waals surface area (Å²) in [6.07, 6.45) is 5.21. The van der Waals surface area contributed by atoms with Crippen LogP contribution in [0.2, 0.25) is 5.02 Å². The van der Waals surface area contributed by atoms with Crippen molar-refractivity contribution >= 4 is 21.6 Å². The minimum atomic E-state index is -3.57. The van der Waals surface area contributed by atoms with Gasteiger partial charge in [0.15, 0.2) is 0 Å². The van der Waals surface area contributed by atoms with Crippen molar-refractivity contribution in [2.45, 2.75) is 49.5 Å². The van der Waals surface area contributed by atoms with Gasteiger partial charge in [0.1, 0.15) is 0 Å². The summed E-state index contributed by atoms with van der Waals surface area (Å²) >= 11 is 5.82. The van der Waals surface area contributed by atoms with Crippen molar-refractivity contribution in [3.63, 3.8) is 0 Å². The lowest BCUT2D eigenvalue weighted by atomic mass is 9.95. The van der Waals surface area contributed by atoms with E-state index in [4.69, 9.17) is 16.9 Å². The maximum Gasteiger partial charge on any atom is 0.243 e. The molecule has 0 aliphatic heterocycles. The van der Waals surface area contributed by atoms with Crippen LogP contribution >= 0.6 is 11.6 Å². The second kappa shape index (κ2) is 7.26. The van der Waals surface area contributed by atoms with Crippen LogP contribution < -0.4 is 0 Å². The Hall–Kier alpha value is -1.09. The molecule has 0 atom stereocenters. The number of sulfonamides is 1. The van der Waals surface area contributed by atoms with Crippen molar-refractivity contribution < 1.29 is 8.42 Å². The van der Waals surface area contributed by atoms with Gasteiger partial charge in [0.25, 0.3) is 0 Å². The second-order valence-electron chi connectivity index (χ2n) is 5.27. The highest BCUT2D eigenvalue weighted by atomic mass is 35.5. The van der Waals surface area contributed by atoms with E-state index in [0.29, 0.717) is 5.02 Å². The van der Waals surface area contributed by atoms with Gasteiger partial charge in [0, 0.05) is 24.0 Å². The van der Waals surface area contributed by atoms with Crippen LogP contribution in [0.15, 0.2) is 29.2 Å². The Morgan fingerprint density at radius 2 is 1.81 bits per heavy atom. The molecule has 114 valence electrons. The van der Waals surface area contributed by atoms with Gasteiger partial charge in [0.05, 0.1) is 11.0 Å². The molecule has 0 aromatic heterocycles. The number of benzene rings is 1. The lowest BCUT2D eigenvalue weighted by molar-refractivity contribution is 0.256. The van der Waals surface area contributed by atoms with Gasteiger partial charge in [-0.2, -0.15) is 9.57 Å². The standard InChI is InChI=1S/C15H19ClN2O2S/c16-13-7-9-15(10-8-13)21(19,20)18(12-4-11-17)14-5-2-1-3-6-14/h7-10,14H,1-6,12H2. The number of nitriles is 1. The van der Waals surface area contributed by atoms with E-state index in [1.54, 1.807) is 12.1 Å². The van der Waals surface area contributed by atoms with E-state index in [0.717, 1.165) is 32.1 Å². The largest absolute Gasteiger partial charge is 0.243 e. The fourth-order valence-corrected chi connectivity index (χ4v) is 4.58. The molecular formula is C15H19ClN2O2S. The van der Waals surface area contributed by atoms with E-state index < -0.39 is 10.0 Å². The fraction of sp³-hybridized carbons (Fsp3) is 0.533. The van der Waals surface area contributed by atoms with Crippen molar-refractivity contribution in [3.05, 3.63) is 29.3 Å². The Balaban J connectivity index is 2.29. The molecule has 0 spiro atoms. The summed E-state index contributed by atoms with van der Waals surface area (Å²) in [6.45, 7) is 0.256. The third kappa shape index (κ3) is 3.97. The van der Waals surface area contributed by atoms with E-state index in [1.807, 2.05) is 6.07 Å². The molecule has 1 aliphatic rings. The molecule has 0 bridgehead atoms. The van der Waals surface area contributed by atoms with Crippen LogP contribution in [0, 0.1) is 11.3 Å². The maximum absolute atomic E-state index is 12.8. The molecule has 1 aliphatic carbocycles. The monoisotopic (exact) mass is 326 g/mol. The summed E-state index contributed by atoms with van der Waals surface area (Å²) in [5.74, 6) is 0. The van der Waals surface area contributed by atoms with Crippen molar-refractivity contribution in [2.75, 3.05) is 6.54 Å². The van der Waals surface area contributed by atoms with Crippen LogP contribution in [0.5, 0.6) is 0 Å². The average Bonchev–Trinajstić information content (AvgIpc) is 2.49. The molecule has 0 unspecified atom stereocenters. The first-order valence-electron chi connectivity index (χ1n) is 7.20. The number of rotatable bonds is 5. The number of hydrogen-bond acceptors (Lipinski definition) is 3. The van der Waals surface area contributed by atoms with E-state index in [1.165, 1.54) is 16.4 Å².